The third-order valence-electron chi connectivity index (χ3n) is 5.86. The van der Waals surface area contributed by atoms with Crippen LogP contribution in [0.2, 0.25) is 0 Å². The van der Waals surface area contributed by atoms with Gasteiger partial charge in [0.25, 0.3) is 5.91 Å². The van der Waals surface area contributed by atoms with Gasteiger partial charge in [0.15, 0.2) is 11.5 Å². The van der Waals surface area contributed by atoms with Crippen LogP contribution >= 0.6 is 24.0 Å². The largest absolute Gasteiger partial charge is 0.490 e. The zero-order valence-corrected chi connectivity index (χ0v) is 23.0. The minimum Gasteiger partial charge on any atom is -0.490 e. The Morgan fingerprint density at radius 3 is 2.46 bits per heavy atom. The topological polar surface area (TPSA) is 76.1 Å². The molecular formula is C27H39NO5S2. The predicted molar refractivity (Wildman–Crippen MR) is 147 cm³/mol. The van der Waals surface area contributed by atoms with Crippen molar-refractivity contribution in [1.29, 1.82) is 0 Å². The van der Waals surface area contributed by atoms with Gasteiger partial charge < -0.3 is 14.6 Å². The van der Waals surface area contributed by atoms with Gasteiger partial charge in [0, 0.05) is 0 Å². The van der Waals surface area contributed by atoms with E-state index in [2.05, 4.69) is 13.8 Å². The molecule has 1 aromatic carbocycles. The first-order valence-electron chi connectivity index (χ1n) is 12.8. The van der Waals surface area contributed by atoms with Crippen LogP contribution in [-0.4, -0.2) is 45.0 Å². The lowest BCUT2D eigenvalue weighted by Crippen LogP contribution is -2.43. The van der Waals surface area contributed by atoms with E-state index in [1.54, 1.807) is 6.08 Å². The second-order valence-corrected chi connectivity index (χ2v) is 10.5. The van der Waals surface area contributed by atoms with Crippen molar-refractivity contribution in [2.45, 2.75) is 97.6 Å². The van der Waals surface area contributed by atoms with Gasteiger partial charge in [0.05, 0.1) is 17.6 Å². The number of unbranched alkanes of at least 4 members (excludes halogenated alkanes) is 5. The molecule has 8 heteroatoms. The van der Waals surface area contributed by atoms with Crippen LogP contribution in [0.1, 0.15) is 91.0 Å². The Bertz CT molecular complexity index is 902. The van der Waals surface area contributed by atoms with Gasteiger partial charge in [-0.25, -0.2) is 4.79 Å². The number of thioether (sulfide) groups is 1. The van der Waals surface area contributed by atoms with Crippen molar-refractivity contribution in [3.63, 3.8) is 0 Å². The molecule has 1 aliphatic heterocycles. The predicted octanol–water partition coefficient (Wildman–Crippen LogP) is 7.06. The Kier molecular flexibility index (Phi) is 12.6. The van der Waals surface area contributed by atoms with Crippen LogP contribution in [0.3, 0.4) is 0 Å². The standard InChI is InChI=1S/C27H39NO5S2/c1-5-8-10-11-12-13-19(4)33-22-16-15-20(17-23(22)32-7-3)18-24-25(29)28(27(34)35-24)21(26(30)31)14-9-6-2/h15-19,21H,5-14H2,1-4H3,(H,30,31)/b24-18+. The molecule has 2 rings (SSSR count). The zero-order chi connectivity index (χ0) is 25.8. The van der Waals surface area contributed by atoms with Crippen molar-refractivity contribution in [3.8, 4) is 11.5 Å². The highest BCUT2D eigenvalue weighted by Crippen LogP contribution is 2.37. The number of ether oxygens (including phenoxy) is 2. The summed E-state index contributed by atoms with van der Waals surface area (Å²) in [6.45, 7) is 8.69. The molecule has 35 heavy (non-hydrogen) atoms. The summed E-state index contributed by atoms with van der Waals surface area (Å²) in [6.07, 6.45) is 10.9. The molecule has 0 aliphatic carbocycles. The Morgan fingerprint density at radius 2 is 1.80 bits per heavy atom. The average molecular weight is 522 g/mol. The smallest absolute Gasteiger partial charge is 0.326 e. The second-order valence-electron chi connectivity index (χ2n) is 8.82. The first-order chi connectivity index (χ1) is 16.8. The Balaban J connectivity index is 2.14. The molecule has 0 saturated carbocycles. The lowest BCUT2D eigenvalue weighted by molar-refractivity contribution is -0.145. The zero-order valence-electron chi connectivity index (χ0n) is 21.4. The number of rotatable bonds is 16. The fraction of sp³-hybridized carbons (Fsp3) is 0.593. The summed E-state index contributed by atoms with van der Waals surface area (Å²) in [6, 6.07) is 4.66. The highest BCUT2D eigenvalue weighted by Gasteiger charge is 2.40. The van der Waals surface area contributed by atoms with Crippen LogP contribution in [0, 0.1) is 0 Å². The third kappa shape index (κ3) is 8.83. The van der Waals surface area contributed by atoms with Crippen molar-refractivity contribution in [2.24, 2.45) is 0 Å². The maximum atomic E-state index is 13.0. The molecule has 0 aromatic heterocycles. The quantitative estimate of drug-likeness (QED) is 0.142. The molecule has 0 radical (unpaired) electrons. The van der Waals surface area contributed by atoms with Crippen LogP contribution in [0.25, 0.3) is 6.08 Å². The average Bonchev–Trinajstić information content (AvgIpc) is 3.08. The SMILES string of the molecule is CCCCCCCC(C)Oc1ccc(/C=C2/SC(=S)N(C(CCCC)C(=O)O)C2=O)cc1OCC. The molecular weight excluding hydrogens is 482 g/mol. The van der Waals surface area contributed by atoms with E-state index in [9.17, 15) is 14.7 Å². The Morgan fingerprint density at radius 1 is 1.09 bits per heavy atom. The van der Waals surface area contributed by atoms with Crippen LogP contribution < -0.4 is 9.47 Å². The second kappa shape index (κ2) is 15.1. The molecule has 1 heterocycles. The highest BCUT2D eigenvalue weighted by atomic mass is 32.2. The summed E-state index contributed by atoms with van der Waals surface area (Å²) in [4.78, 5) is 26.5. The van der Waals surface area contributed by atoms with E-state index in [4.69, 9.17) is 21.7 Å². The molecule has 1 fully saturated rings. The van der Waals surface area contributed by atoms with Crippen molar-refractivity contribution >= 4 is 46.3 Å². The van der Waals surface area contributed by atoms with Gasteiger partial charge in [-0.2, -0.15) is 0 Å². The van der Waals surface area contributed by atoms with Gasteiger partial charge in [0.2, 0.25) is 0 Å². The molecule has 1 aliphatic rings. The number of carboxylic acid groups (broad SMARTS) is 1. The number of hydrogen-bond acceptors (Lipinski definition) is 6. The summed E-state index contributed by atoms with van der Waals surface area (Å²) in [5, 5.41) is 9.65. The van der Waals surface area contributed by atoms with Crippen LogP contribution in [-0.2, 0) is 9.59 Å². The van der Waals surface area contributed by atoms with Crippen LogP contribution in [0.5, 0.6) is 11.5 Å². The van der Waals surface area contributed by atoms with Gasteiger partial charge in [0.1, 0.15) is 10.4 Å². The third-order valence-corrected chi connectivity index (χ3v) is 7.19. The van der Waals surface area contributed by atoms with Crippen molar-refractivity contribution in [2.75, 3.05) is 6.61 Å². The van der Waals surface area contributed by atoms with E-state index >= 15 is 0 Å². The molecule has 6 nitrogen and oxygen atoms in total. The molecule has 2 atom stereocenters. The van der Waals surface area contributed by atoms with Gasteiger partial charge in [-0.1, -0.05) is 82.4 Å². The lowest BCUT2D eigenvalue weighted by Gasteiger charge is -2.22. The number of nitrogens with zero attached hydrogens (tertiary/aromatic N) is 1. The van der Waals surface area contributed by atoms with Crippen molar-refractivity contribution in [1.82, 2.24) is 4.90 Å². The number of amides is 1. The van der Waals surface area contributed by atoms with Gasteiger partial charge in [-0.15, -0.1) is 0 Å². The highest BCUT2D eigenvalue weighted by molar-refractivity contribution is 8.26. The van der Waals surface area contributed by atoms with E-state index < -0.39 is 12.0 Å². The van der Waals surface area contributed by atoms with E-state index in [1.807, 2.05) is 32.0 Å². The van der Waals surface area contributed by atoms with Crippen molar-refractivity contribution < 1.29 is 24.2 Å². The van der Waals surface area contributed by atoms with E-state index in [-0.39, 0.29) is 16.3 Å². The van der Waals surface area contributed by atoms with Gasteiger partial charge in [-0.05, 0) is 56.9 Å². The number of carbonyl (C=O) groups excluding carboxylic acids is 1. The minimum absolute atomic E-state index is 0.0778. The lowest BCUT2D eigenvalue weighted by atomic mass is 10.1. The molecule has 0 spiro atoms. The monoisotopic (exact) mass is 521 g/mol. The van der Waals surface area contributed by atoms with E-state index in [1.165, 1.54) is 30.6 Å². The maximum Gasteiger partial charge on any atom is 0.326 e. The fourth-order valence-corrected chi connectivity index (χ4v) is 5.31. The van der Waals surface area contributed by atoms with Gasteiger partial charge in [-0.3, -0.25) is 9.69 Å². The van der Waals surface area contributed by atoms with Crippen LogP contribution in [0.4, 0.5) is 0 Å². The summed E-state index contributed by atoms with van der Waals surface area (Å²) in [7, 11) is 0. The molecule has 2 unspecified atom stereocenters. The van der Waals surface area contributed by atoms with Crippen LogP contribution in [0.15, 0.2) is 23.1 Å². The summed E-state index contributed by atoms with van der Waals surface area (Å²) in [5.74, 6) is -0.0851. The molecule has 1 aromatic rings. The normalized spacial score (nSPS) is 16.6. The number of aliphatic carboxylic acids is 1. The van der Waals surface area contributed by atoms with E-state index in [0.29, 0.717) is 35.9 Å². The molecule has 1 amide bonds. The first kappa shape index (κ1) is 29.2. The summed E-state index contributed by atoms with van der Waals surface area (Å²) in [5.41, 5.74) is 0.772. The number of thiocarbonyl (C=S) groups is 1. The van der Waals surface area contributed by atoms with Gasteiger partial charge >= 0.3 is 5.97 Å². The molecule has 1 saturated heterocycles. The van der Waals surface area contributed by atoms with E-state index in [0.717, 1.165) is 36.6 Å². The fourth-order valence-electron chi connectivity index (χ4n) is 3.95. The first-order valence-corrected chi connectivity index (χ1v) is 14.0. The van der Waals surface area contributed by atoms with Crippen molar-refractivity contribution in [3.05, 3.63) is 28.7 Å². The summed E-state index contributed by atoms with van der Waals surface area (Å²) >= 11 is 6.51. The molecule has 0 bridgehead atoms. The Labute approximate surface area is 219 Å². The Hall–Kier alpha value is -2.06. The number of carbonyl (C=O) groups is 2. The number of benzene rings is 1. The summed E-state index contributed by atoms with van der Waals surface area (Å²) < 4.78 is 12.3. The minimum atomic E-state index is -1.03. The molecule has 194 valence electrons. The number of hydrogen-bond donors (Lipinski definition) is 1. The number of carboxylic acids is 1. The maximum absolute atomic E-state index is 13.0. The molecule has 1 N–H and O–H groups in total.